The number of hydrogen-bond donors (Lipinski definition) is 3. The maximum Gasteiger partial charge on any atom is 0.257 e. The zero-order valence-electron chi connectivity index (χ0n) is 21.3. The summed E-state index contributed by atoms with van der Waals surface area (Å²) in [6.07, 6.45) is 3.29. The smallest absolute Gasteiger partial charge is 0.257 e. The first kappa shape index (κ1) is 27.3. The number of carbonyl (C=O) groups is 1. The fourth-order valence-electron chi connectivity index (χ4n) is 3.75. The molecule has 0 radical (unpaired) electrons. The van der Waals surface area contributed by atoms with Crippen molar-refractivity contribution in [1.29, 1.82) is 15.8 Å². The van der Waals surface area contributed by atoms with E-state index < -0.39 is 5.91 Å². The van der Waals surface area contributed by atoms with E-state index in [1.807, 2.05) is 38.1 Å². The number of nitriles is 3. The van der Waals surface area contributed by atoms with Crippen LogP contribution < -0.4 is 16.0 Å². The van der Waals surface area contributed by atoms with Crippen molar-refractivity contribution < 1.29 is 9.53 Å². The molecule has 0 saturated heterocycles. The molecule has 0 fully saturated rings. The van der Waals surface area contributed by atoms with Gasteiger partial charge in [-0.2, -0.15) is 20.8 Å². The minimum Gasteiger partial charge on any atom is -0.378 e. The Kier molecular flexibility index (Phi) is 9.48. The van der Waals surface area contributed by atoms with Gasteiger partial charge in [-0.1, -0.05) is 0 Å². The van der Waals surface area contributed by atoms with Crippen molar-refractivity contribution in [3.63, 3.8) is 0 Å². The van der Waals surface area contributed by atoms with Crippen LogP contribution in [-0.4, -0.2) is 29.5 Å². The zero-order chi connectivity index (χ0) is 27.5. The Morgan fingerprint density at radius 3 is 2.37 bits per heavy atom. The topological polar surface area (TPSA) is 160 Å². The molecule has 3 rings (SSSR count). The molecule has 10 nitrogen and oxygen atoms in total. The lowest BCUT2D eigenvalue weighted by Crippen LogP contribution is -2.27. The Labute approximate surface area is 221 Å². The normalized spacial score (nSPS) is 10.3. The minimum atomic E-state index is -0.441. The second kappa shape index (κ2) is 13.2. The molecule has 0 aliphatic carbocycles. The first-order valence-electron chi connectivity index (χ1n) is 11.7. The van der Waals surface area contributed by atoms with E-state index in [4.69, 9.17) is 20.5 Å². The predicted octanol–water partition coefficient (Wildman–Crippen LogP) is 4.78. The molecule has 0 bridgehead atoms. The van der Waals surface area contributed by atoms with Gasteiger partial charge < -0.3 is 20.7 Å². The molecule has 10 heteroatoms. The van der Waals surface area contributed by atoms with Crippen molar-refractivity contribution in [2.75, 3.05) is 24.3 Å². The summed E-state index contributed by atoms with van der Waals surface area (Å²) in [4.78, 5) is 22.4. The van der Waals surface area contributed by atoms with Crippen molar-refractivity contribution in [2.45, 2.75) is 26.9 Å². The highest BCUT2D eigenvalue weighted by atomic mass is 16.5. The minimum absolute atomic E-state index is 0.0378. The average molecular weight is 507 g/mol. The molecule has 0 atom stereocenters. The molecule has 38 heavy (non-hydrogen) atoms. The summed E-state index contributed by atoms with van der Waals surface area (Å²) in [5.74, 6) is 0.0366. The number of methoxy groups -OCH3 is 1. The first-order chi connectivity index (χ1) is 18.4. The number of carbonyl (C=O) groups excluding carboxylic acids is 1. The number of aromatic nitrogens is 2. The summed E-state index contributed by atoms with van der Waals surface area (Å²) in [6.45, 7) is 4.04. The second-order valence-corrected chi connectivity index (χ2v) is 8.25. The van der Waals surface area contributed by atoms with E-state index in [1.54, 1.807) is 30.3 Å². The van der Waals surface area contributed by atoms with Crippen LogP contribution >= 0.6 is 0 Å². The molecular formula is C28H26N8O2. The van der Waals surface area contributed by atoms with E-state index in [-0.39, 0.29) is 36.9 Å². The Balaban J connectivity index is 2.11. The van der Waals surface area contributed by atoms with Crippen LogP contribution in [0.15, 0.2) is 42.5 Å². The van der Waals surface area contributed by atoms with Crippen LogP contribution in [0.2, 0.25) is 0 Å². The van der Waals surface area contributed by atoms with Gasteiger partial charge in [-0.05, 0) is 73.0 Å². The van der Waals surface area contributed by atoms with Crippen molar-refractivity contribution in [3.8, 4) is 18.2 Å². The zero-order valence-corrected chi connectivity index (χ0v) is 21.3. The van der Waals surface area contributed by atoms with Crippen LogP contribution in [0, 0.1) is 47.8 Å². The van der Waals surface area contributed by atoms with Crippen molar-refractivity contribution >= 4 is 35.1 Å². The Morgan fingerprint density at radius 2 is 1.76 bits per heavy atom. The summed E-state index contributed by atoms with van der Waals surface area (Å²) in [5, 5.41) is 36.0. The molecule has 3 aromatic rings. The number of anilines is 4. The van der Waals surface area contributed by atoms with Crippen LogP contribution in [0.5, 0.6) is 0 Å². The second-order valence-electron chi connectivity index (χ2n) is 8.25. The molecule has 0 aliphatic rings. The summed E-state index contributed by atoms with van der Waals surface area (Å²) < 4.78 is 5.34. The molecule has 0 unspecified atom stereocenters. The van der Waals surface area contributed by atoms with Crippen LogP contribution in [0.3, 0.4) is 0 Å². The van der Waals surface area contributed by atoms with Gasteiger partial charge in [-0.15, -0.1) is 0 Å². The first-order valence-corrected chi connectivity index (χ1v) is 11.7. The van der Waals surface area contributed by atoms with Crippen molar-refractivity contribution in [3.05, 3.63) is 76.0 Å². The molecule has 3 N–H and O–H groups in total. The molecule has 1 aromatic heterocycles. The number of nitrogens with one attached hydrogen (secondary N) is 3. The lowest BCUT2D eigenvalue weighted by molar-refractivity contribution is 0.0949. The predicted molar refractivity (Wildman–Crippen MR) is 144 cm³/mol. The standard InChI is InChI=1S/C28H26N8O2/c1-18-14-21(6-4-11-29)15-19(2)25(18)35-26-24(27(37)32-13-5-12-30)23(17-38-3)34-28(36-26)33-22-9-7-20(16-31)8-10-22/h4,6-10,14-15H,5,13,17H2,1-3H3,(H,32,37)(H2,33,34,35,36)/b6-4+. The Bertz CT molecular complexity index is 1450. The van der Waals surface area contributed by atoms with E-state index in [9.17, 15) is 4.79 Å². The van der Waals surface area contributed by atoms with E-state index in [0.29, 0.717) is 16.9 Å². The number of aryl methyl sites for hydroxylation is 2. The van der Waals surface area contributed by atoms with E-state index in [2.05, 4.69) is 32.0 Å². The number of hydrogen-bond acceptors (Lipinski definition) is 9. The molecule has 2 aromatic carbocycles. The largest absolute Gasteiger partial charge is 0.378 e. The van der Waals surface area contributed by atoms with Crippen molar-refractivity contribution in [2.24, 2.45) is 0 Å². The molecule has 0 aliphatic heterocycles. The Hall–Kier alpha value is -5.24. The maximum absolute atomic E-state index is 13.2. The van der Waals surface area contributed by atoms with Gasteiger partial charge in [-0.3, -0.25) is 4.79 Å². The van der Waals surface area contributed by atoms with Crippen LogP contribution in [0.4, 0.5) is 23.1 Å². The van der Waals surface area contributed by atoms with E-state index >= 15 is 0 Å². The molecule has 0 spiro atoms. The van der Waals surface area contributed by atoms with Crippen LogP contribution in [0.1, 0.15) is 44.7 Å². The van der Waals surface area contributed by atoms with Gasteiger partial charge >= 0.3 is 0 Å². The summed E-state index contributed by atoms with van der Waals surface area (Å²) in [7, 11) is 1.50. The monoisotopic (exact) mass is 506 g/mol. The fourth-order valence-corrected chi connectivity index (χ4v) is 3.75. The fraction of sp³-hybridized carbons (Fsp3) is 0.214. The third-order valence-electron chi connectivity index (χ3n) is 5.43. The Morgan fingerprint density at radius 1 is 1.05 bits per heavy atom. The molecule has 0 saturated carbocycles. The summed E-state index contributed by atoms with van der Waals surface area (Å²) >= 11 is 0. The summed E-state index contributed by atoms with van der Waals surface area (Å²) in [5.41, 5.74) is 5.10. The quantitative estimate of drug-likeness (QED) is 0.260. The molecule has 1 amide bonds. The van der Waals surface area contributed by atoms with Crippen LogP contribution in [-0.2, 0) is 11.3 Å². The maximum atomic E-state index is 13.2. The van der Waals surface area contributed by atoms with Gasteiger partial charge in [0.05, 0.1) is 42.5 Å². The number of nitrogens with zero attached hydrogens (tertiary/aromatic N) is 5. The third kappa shape index (κ3) is 6.92. The molecule has 1 heterocycles. The average Bonchev–Trinajstić information content (AvgIpc) is 2.90. The van der Waals surface area contributed by atoms with Crippen molar-refractivity contribution in [1.82, 2.24) is 15.3 Å². The van der Waals surface area contributed by atoms with Gasteiger partial charge in [0, 0.05) is 31.1 Å². The van der Waals surface area contributed by atoms with E-state index in [0.717, 1.165) is 22.4 Å². The van der Waals surface area contributed by atoms with Gasteiger partial charge in [0.25, 0.3) is 5.91 Å². The van der Waals surface area contributed by atoms with Gasteiger partial charge in [0.15, 0.2) is 0 Å². The SMILES string of the molecule is COCc1nc(Nc2ccc(C#N)cc2)nc(Nc2c(C)cc(/C=C/C#N)cc2C)c1C(=O)NCCC#N. The molecule has 190 valence electrons. The third-order valence-corrected chi connectivity index (χ3v) is 5.43. The summed E-state index contributed by atoms with van der Waals surface area (Å²) in [6, 6.07) is 16.7. The highest BCUT2D eigenvalue weighted by molar-refractivity contribution is 6.01. The lowest BCUT2D eigenvalue weighted by atomic mass is 10.0. The number of rotatable bonds is 10. The van der Waals surface area contributed by atoms with Gasteiger partial charge in [0.2, 0.25) is 5.95 Å². The molecular weight excluding hydrogens is 480 g/mol. The number of amides is 1. The highest BCUT2D eigenvalue weighted by Gasteiger charge is 2.22. The highest BCUT2D eigenvalue weighted by Crippen LogP contribution is 2.30. The van der Waals surface area contributed by atoms with Gasteiger partial charge in [-0.25, -0.2) is 4.98 Å². The number of benzene rings is 2. The number of allylic oxidation sites excluding steroid dienone is 1. The van der Waals surface area contributed by atoms with Crippen LogP contribution in [0.25, 0.3) is 6.08 Å². The van der Waals surface area contributed by atoms with E-state index in [1.165, 1.54) is 13.2 Å². The number of ether oxygens (including phenoxy) is 1. The van der Waals surface area contributed by atoms with Gasteiger partial charge in [0.1, 0.15) is 11.4 Å². The lowest BCUT2D eigenvalue weighted by Gasteiger charge is -2.19.